The molecule has 0 spiro atoms. The molecule has 2 atom stereocenters. The maximum Gasteiger partial charge on any atom is 0.217 e. The van der Waals surface area contributed by atoms with Gasteiger partial charge in [-0.05, 0) is 35.7 Å². The van der Waals surface area contributed by atoms with Gasteiger partial charge in [0.15, 0.2) is 0 Å². The van der Waals surface area contributed by atoms with E-state index in [1.807, 2.05) is 49.4 Å². The van der Waals surface area contributed by atoms with Gasteiger partial charge >= 0.3 is 0 Å². The molecule has 2 aromatic carbocycles. The van der Waals surface area contributed by atoms with Gasteiger partial charge in [-0.2, -0.15) is 0 Å². The van der Waals surface area contributed by atoms with Gasteiger partial charge < -0.3 is 10.4 Å². The lowest BCUT2D eigenvalue weighted by Gasteiger charge is -2.17. The fraction of sp³-hybridized carbons (Fsp3) is 0.312. The molecule has 0 aliphatic carbocycles. The number of carbonyl (C=O) groups excluding carboxylic acids is 1. The van der Waals surface area contributed by atoms with E-state index in [4.69, 9.17) is 0 Å². The molecule has 2 N–H and O–H groups in total. The lowest BCUT2D eigenvalue weighted by atomic mass is 9.99. The molecule has 0 bridgehead atoms. The summed E-state index contributed by atoms with van der Waals surface area (Å²) in [5.41, 5.74) is 0.885. The standard InChI is InChI=1S/C16H19NO2/c1-11(17-12(2)18)9-16(19)15-8-7-13-5-3-4-6-14(13)10-15/h3-8,10-11,16,19H,9H2,1-2H3,(H,17,18)/t11-,16+/m0/s1. The van der Waals surface area contributed by atoms with Crippen LogP contribution in [-0.2, 0) is 4.79 Å². The summed E-state index contributed by atoms with van der Waals surface area (Å²) in [6.07, 6.45) is -0.0516. The van der Waals surface area contributed by atoms with Gasteiger partial charge in [0.2, 0.25) is 5.91 Å². The second-order valence-corrected chi connectivity index (χ2v) is 4.96. The van der Waals surface area contributed by atoms with Crippen LogP contribution in [0.3, 0.4) is 0 Å². The van der Waals surface area contributed by atoms with Crippen LogP contribution in [0.5, 0.6) is 0 Å². The third-order valence-corrected chi connectivity index (χ3v) is 3.18. The van der Waals surface area contributed by atoms with Crippen LogP contribution in [0.15, 0.2) is 42.5 Å². The molecule has 0 heterocycles. The maximum absolute atomic E-state index is 11.0. The van der Waals surface area contributed by atoms with Crippen LogP contribution in [0.1, 0.15) is 31.9 Å². The molecular weight excluding hydrogens is 238 g/mol. The van der Waals surface area contributed by atoms with Crippen molar-refractivity contribution in [2.45, 2.75) is 32.4 Å². The number of fused-ring (bicyclic) bond motifs is 1. The lowest BCUT2D eigenvalue weighted by molar-refractivity contribution is -0.119. The molecule has 3 nitrogen and oxygen atoms in total. The average molecular weight is 257 g/mol. The van der Waals surface area contributed by atoms with Gasteiger partial charge in [-0.25, -0.2) is 0 Å². The van der Waals surface area contributed by atoms with Crippen molar-refractivity contribution in [3.63, 3.8) is 0 Å². The Hall–Kier alpha value is -1.87. The molecule has 3 heteroatoms. The summed E-state index contributed by atoms with van der Waals surface area (Å²) in [4.78, 5) is 11.0. The first-order chi connectivity index (χ1) is 9.06. The molecule has 0 aliphatic rings. The van der Waals surface area contributed by atoms with Gasteiger partial charge in [-0.15, -0.1) is 0 Å². The molecule has 2 rings (SSSR count). The predicted octanol–water partition coefficient (Wildman–Crippen LogP) is 2.79. The Balaban J connectivity index is 2.12. The van der Waals surface area contributed by atoms with Crippen LogP contribution < -0.4 is 5.32 Å². The fourth-order valence-electron chi connectivity index (χ4n) is 2.29. The number of hydrogen-bond donors (Lipinski definition) is 2. The zero-order valence-electron chi connectivity index (χ0n) is 11.3. The number of aliphatic hydroxyl groups is 1. The van der Waals surface area contributed by atoms with E-state index in [-0.39, 0.29) is 11.9 Å². The van der Waals surface area contributed by atoms with E-state index in [1.54, 1.807) is 0 Å². The summed E-state index contributed by atoms with van der Waals surface area (Å²) in [5, 5.41) is 15.3. The van der Waals surface area contributed by atoms with E-state index < -0.39 is 6.10 Å². The van der Waals surface area contributed by atoms with Crippen molar-refractivity contribution >= 4 is 16.7 Å². The minimum Gasteiger partial charge on any atom is -0.388 e. The van der Waals surface area contributed by atoms with Crippen molar-refractivity contribution in [3.05, 3.63) is 48.0 Å². The van der Waals surface area contributed by atoms with Crippen LogP contribution in [0.25, 0.3) is 10.8 Å². The van der Waals surface area contributed by atoms with Crippen LogP contribution >= 0.6 is 0 Å². The minimum absolute atomic E-state index is 0.0426. The Bertz CT molecular complexity index is 580. The number of rotatable bonds is 4. The Morgan fingerprint density at radius 3 is 2.58 bits per heavy atom. The monoisotopic (exact) mass is 257 g/mol. The van der Waals surface area contributed by atoms with E-state index in [2.05, 4.69) is 5.32 Å². The molecule has 0 fully saturated rings. The summed E-state index contributed by atoms with van der Waals surface area (Å²) in [6.45, 7) is 3.38. The number of nitrogens with one attached hydrogen (secondary N) is 1. The summed E-state index contributed by atoms with van der Waals surface area (Å²) in [6, 6.07) is 14.0. The van der Waals surface area contributed by atoms with Crippen molar-refractivity contribution in [1.82, 2.24) is 5.32 Å². The highest BCUT2D eigenvalue weighted by molar-refractivity contribution is 5.83. The Labute approximate surface area is 113 Å². The van der Waals surface area contributed by atoms with Crippen LogP contribution in [-0.4, -0.2) is 17.1 Å². The molecule has 1 amide bonds. The maximum atomic E-state index is 11.0. The number of benzene rings is 2. The summed E-state index contributed by atoms with van der Waals surface area (Å²) in [5.74, 6) is -0.0711. The summed E-state index contributed by atoms with van der Waals surface area (Å²) in [7, 11) is 0. The van der Waals surface area contributed by atoms with Crippen LogP contribution in [0, 0.1) is 0 Å². The Morgan fingerprint density at radius 1 is 1.21 bits per heavy atom. The third-order valence-electron chi connectivity index (χ3n) is 3.18. The van der Waals surface area contributed by atoms with Crippen molar-refractivity contribution in [1.29, 1.82) is 0 Å². The van der Waals surface area contributed by atoms with Gasteiger partial charge in [0.25, 0.3) is 0 Å². The Morgan fingerprint density at radius 2 is 1.89 bits per heavy atom. The SMILES string of the molecule is CC(=O)N[C@@H](C)C[C@@H](O)c1ccc2ccccc2c1. The van der Waals surface area contributed by atoms with Crippen molar-refractivity contribution in [2.24, 2.45) is 0 Å². The lowest BCUT2D eigenvalue weighted by Crippen LogP contribution is -2.31. The second-order valence-electron chi connectivity index (χ2n) is 4.96. The molecule has 0 aliphatic heterocycles. The van der Waals surface area contributed by atoms with Crippen molar-refractivity contribution in [3.8, 4) is 0 Å². The first-order valence-corrected chi connectivity index (χ1v) is 6.50. The third kappa shape index (κ3) is 3.55. The van der Waals surface area contributed by atoms with Gasteiger partial charge in [-0.3, -0.25) is 4.79 Å². The quantitative estimate of drug-likeness (QED) is 0.884. The van der Waals surface area contributed by atoms with Gasteiger partial charge in [0.1, 0.15) is 0 Å². The molecule has 0 saturated heterocycles. The first kappa shape index (κ1) is 13.6. The average Bonchev–Trinajstić information content (AvgIpc) is 2.37. The molecular formula is C16H19NO2. The van der Waals surface area contributed by atoms with E-state index in [0.717, 1.165) is 16.3 Å². The largest absolute Gasteiger partial charge is 0.388 e. The highest BCUT2D eigenvalue weighted by Crippen LogP contribution is 2.23. The number of carbonyl (C=O) groups is 1. The van der Waals surface area contributed by atoms with Crippen molar-refractivity contribution in [2.75, 3.05) is 0 Å². The van der Waals surface area contributed by atoms with Gasteiger partial charge in [-0.1, -0.05) is 36.4 Å². The topological polar surface area (TPSA) is 49.3 Å². The molecule has 100 valence electrons. The minimum atomic E-state index is -0.563. The normalized spacial score (nSPS) is 14.1. The zero-order chi connectivity index (χ0) is 13.8. The molecule has 2 aromatic rings. The smallest absolute Gasteiger partial charge is 0.217 e. The Kier molecular flexibility index (Phi) is 4.17. The fourth-order valence-corrected chi connectivity index (χ4v) is 2.29. The van der Waals surface area contributed by atoms with E-state index >= 15 is 0 Å². The molecule has 0 saturated carbocycles. The molecule has 19 heavy (non-hydrogen) atoms. The second kappa shape index (κ2) is 5.85. The van der Waals surface area contributed by atoms with Crippen molar-refractivity contribution < 1.29 is 9.90 Å². The van der Waals surface area contributed by atoms with Gasteiger partial charge in [0.05, 0.1) is 6.10 Å². The zero-order valence-corrected chi connectivity index (χ0v) is 11.3. The highest BCUT2D eigenvalue weighted by atomic mass is 16.3. The summed E-state index contributed by atoms with van der Waals surface area (Å²) < 4.78 is 0. The van der Waals surface area contributed by atoms with E-state index in [9.17, 15) is 9.90 Å². The van der Waals surface area contributed by atoms with Crippen LogP contribution in [0.2, 0.25) is 0 Å². The summed E-state index contributed by atoms with van der Waals surface area (Å²) >= 11 is 0. The molecule has 0 unspecified atom stereocenters. The van der Waals surface area contributed by atoms with E-state index in [0.29, 0.717) is 6.42 Å². The van der Waals surface area contributed by atoms with Gasteiger partial charge in [0, 0.05) is 13.0 Å². The number of aliphatic hydroxyl groups excluding tert-OH is 1. The van der Waals surface area contributed by atoms with E-state index in [1.165, 1.54) is 6.92 Å². The first-order valence-electron chi connectivity index (χ1n) is 6.50. The number of hydrogen-bond acceptors (Lipinski definition) is 2. The predicted molar refractivity (Wildman–Crippen MR) is 76.8 cm³/mol. The molecule has 0 aromatic heterocycles. The van der Waals surface area contributed by atoms with Crippen LogP contribution in [0.4, 0.5) is 0 Å². The molecule has 0 radical (unpaired) electrons. The number of amides is 1. The highest BCUT2D eigenvalue weighted by Gasteiger charge is 2.13.